The molecule has 0 aromatic heterocycles. The van der Waals surface area contributed by atoms with E-state index in [-0.39, 0.29) is 17.8 Å². The second-order valence-corrected chi connectivity index (χ2v) is 8.33. The molecule has 0 bridgehead atoms. The number of hydrogen-bond donors (Lipinski definition) is 1. The van der Waals surface area contributed by atoms with Gasteiger partial charge in [0.05, 0.1) is 5.75 Å². The van der Waals surface area contributed by atoms with Crippen LogP contribution in [0.5, 0.6) is 0 Å². The molecule has 5 heteroatoms. The highest BCUT2D eigenvalue weighted by Crippen LogP contribution is 2.19. The van der Waals surface area contributed by atoms with Crippen LogP contribution in [0.15, 0.2) is 0 Å². The van der Waals surface area contributed by atoms with Gasteiger partial charge in [0.2, 0.25) is 10.0 Å². The summed E-state index contributed by atoms with van der Waals surface area (Å²) in [6, 6.07) is 0.281. The highest BCUT2D eigenvalue weighted by molar-refractivity contribution is 7.89. The molecular formula is C15H32N2O2S. The van der Waals surface area contributed by atoms with Crippen molar-refractivity contribution < 1.29 is 8.42 Å². The Kier molecular flexibility index (Phi) is 7.48. The van der Waals surface area contributed by atoms with E-state index in [2.05, 4.69) is 33.0 Å². The summed E-state index contributed by atoms with van der Waals surface area (Å²) in [6.07, 6.45) is 5.07. The lowest BCUT2D eigenvalue weighted by atomic mass is 10.1. The van der Waals surface area contributed by atoms with Crippen molar-refractivity contribution in [2.24, 2.45) is 5.92 Å². The molecule has 1 aliphatic rings. The van der Waals surface area contributed by atoms with Crippen LogP contribution in [-0.4, -0.2) is 43.6 Å². The Morgan fingerprint density at radius 3 is 2.30 bits per heavy atom. The number of sulfonamides is 1. The van der Waals surface area contributed by atoms with E-state index in [0.717, 1.165) is 32.2 Å². The standard InChI is InChI=1S/C15H32N2O2S/c1-5-15(6-2)17(11-13(3)4)20(18,19)12-14-9-7-8-10-16-14/h13-16H,5-12H2,1-4H3. The number of rotatable bonds is 8. The van der Waals surface area contributed by atoms with Crippen LogP contribution in [-0.2, 0) is 10.0 Å². The maximum absolute atomic E-state index is 12.8. The number of nitrogens with one attached hydrogen (secondary N) is 1. The molecule has 1 heterocycles. The summed E-state index contributed by atoms with van der Waals surface area (Å²) >= 11 is 0. The summed E-state index contributed by atoms with van der Waals surface area (Å²) < 4.78 is 27.3. The van der Waals surface area contributed by atoms with Crippen LogP contribution in [0.2, 0.25) is 0 Å². The van der Waals surface area contributed by atoms with Gasteiger partial charge in [-0.05, 0) is 38.1 Å². The van der Waals surface area contributed by atoms with E-state index in [4.69, 9.17) is 0 Å². The molecule has 0 spiro atoms. The zero-order chi connectivity index (χ0) is 15.2. The molecule has 1 aliphatic heterocycles. The molecule has 0 saturated carbocycles. The average molecular weight is 305 g/mol. The normalized spacial score (nSPS) is 21.1. The van der Waals surface area contributed by atoms with Crippen molar-refractivity contribution in [2.75, 3.05) is 18.8 Å². The average Bonchev–Trinajstić information content (AvgIpc) is 2.39. The summed E-state index contributed by atoms with van der Waals surface area (Å²) in [5.41, 5.74) is 0. The molecule has 1 saturated heterocycles. The minimum atomic E-state index is -3.17. The van der Waals surface area contributed by atoms with Crippen LogP contribution >= 0.6 is 0 Å². The van der Waals surface area contributed by atoms with E-state index in [1.807, 2.05) is 0 Å². The second kappa shape index (κ2) is 8.35. The van der Waals surface area contributed by atoms with Gasteiger partial charge in [-0.3, -0.25) is 0 Å². The van der Waals surface area contributed by atoms with Crippen LogP contribution in [0, 0.1) is 5.92 Å². The lowest BCUT2D eigenvalue weighted by Gasteiger charge is -2.33. The Morgan fingerprint density at radius 1 is 1.20 bits per heavy atom. The van der Waals surface area contributed by atoms with Gasteiger partial charge in [0.15, 0.2) is 0 Å². The Balaban J connectivity index is 2.79. The smallest absolute Gasteiger partial charge is 0.215 e. The van der Waals surface area contributed by atoms with Gasteiger partial charge in [-0.25, -0.2) is 8.42 Å². The van der Waals surface area contributed by atoms with Crippen molar-refractivity contribution in [3.05, 3.63) is 0 Å². The Labute approximate surface area is 125 Å². The lowest BCUT2D eigenvalue weighted by molar-refractivity contribution is 0.274. The van der Waals surface area contributed by atoms with Crippen LogP contribution < -0.4 is 5.32 Å². The molecule has 4 nitrogen and oxygen atoms in total. The molecule has 20 heavy (non-hydrogen) atoms. The molecular weight excluding hydrogens is 272 g/mol. The number of piperidine rings is 1. The van der Waals surface area contributed by atoms with E-state index >= 15 is 0 Å². The molecule has 0 aliphatic carbocycles. The number of hydrogen-bond acceptors (Lipinski definition) is 3. The van der Waals surface area contributed by atoms with Crippen molar-refractivity contribution in [3.63, 3.8) is 0 Å². The van der Waals surface area contributed by atoms with Crippen molar-refractivity contribution in [1.82, 2.24) is 9.62 Å². The molecule has 1 unspecified atom stereocenters. The molecule has 1 fully saturated rings. The Bertz CT molecular complexity index is 358. The molecule has 0 aromatic carbocycles. The molecule has 0 aromatic rings. The minimum Gasteiger partial charge on any atom is -0.313 e. The van der Waals surface area contributed by atoms with E-state index < -0.39 is 10.0 Å². The first kappa shape index (κ1) is 17.9. The van der Waals surface area contributed by atoms with Crippen LogP contribution in [0.25, 0.3) is 0 Å². The molecule has 1 rings (SSSR count). The van der Waals surface area contributed by atoms with E-state index in [0.29, 0.717) is 12.5 Å². The zero-order valence-corrected chi connectivity index (χ0v) is 14.4. The monoisotopic (exact) mass is 304 g/mol. The summed E-state index contributed by atoms with van der Waals surface area (Å²) in [5.74, 6) is 0.626. The van der Waals surface area contributed by atoms with Gasteiger partial charge in [0, 0.05) is 18.6 Å². The second-order valence-electron chi connectivity index (χ2n) is 6.36. The summed E-state index contributed by atoms with van der Waals surface area (Å²) in [5, 5.41) is 3.35. The Morgan fingerprint density at radius 2 is 1.85 bits per heavy atom. The fraction of sp³-hybridized carbons (Fsp3) is 1.00. The summed E-state index contributed by atoms with van der Waals surface area (Å²) in [6.45, 7) is 9.93. The third kappa shape index (κ3) is 5.34. The van der Waals surface area contributed by atoms with Crippen LogP contribution in [0.1, 0.15) is 59.8 Å². The van der Waals surface area contributed by atoms with Crippen molar-refractivity contribution in [1.29, 1.82) is 0 Å². The first-order valence-corrected chi connectivity index (χ1v) is 9.74. The van der Waals surface area contributed by atoms with Crippen molar-refractivity contribution in [2.45, 2.75) is 71.9 Å². The van der Waals surface area contributed by atoms with Crippen molar-refractivity contribution >= 4 is 10.0 Å². The molecule has 1 N–H and O–H groups in total. The van der Waals surface area contributed by atoms with E-state index in [1.165, 1.54) is 6.42 Å². The maximum atomic E-state index is 12.8. The minimum absolute atomic E-state index is 0.137. The third-order valence-corrected chi connectivity index (χ3v) is 6.06. The van der Waals surface area contributed by atoms with Crippen molar-refractivity contribution in [3.8, 4) is 0 Å². The molecule has 120 valence electrons. The van der Waals surface area contributed by atoms with Gasteiger partial charge >= 0.3 is 0 Å². The van der Waals surface area contributed by atoms with Gasteiger partial charge < -0.3 is 5.32 Å². The van der Waals surface area contributed by atoms with Crippen LogP contribution in [0.3, 0.4) is 0 Å². The Hall–Kier alpha value is -0.130. The van der Waals surface area contributed by atoms with Crippen LogP contribution in [0.4, 0.5) is 0 Å². The first-order valence-electron chi connectivity index (χ1n) is 8.13. The van der Waals surface area contributed by atoms with E-state index in [9.17, 15) is 8.42 Å². The summed E-state index contributed by atoms with van der Waals surface area (Å²) in [4.78, 5) is 0. The largest absolute Gasteiger partial charge is 0.313 e. The van der Waals surface area contributed by atoms with Gasteiger partial charge in [0.25, 0.3) is 0 Å². The van der Waals surface area contributed by atoms with E-state index in [1.54, 1.807) is 4.31 Å². The number of nitrogens with zero attached hydrogens (tertiary/aromatic N) is 1. The zero-order valence-electron chi connectivity index (χ0n) is 13.6. The fourth-order valence-corrected chi connectivity index (χ4v) is 5.22. The third-order valence-electron chi connectivity index (χ3n) is 4.08. The molecule has 1 atom stereocenters. The summed E-state index contributed by atoms with van der Waals surface area (Å²) in [7, 11) is -3.17. The molecule has 0 amide bonds. The van der Waals surface area contributed by atoms with Gasteiger partial charge in [-0.2, -0.15) is 4.31 Å². The lowest BCUT2D eigenvalue weighted by Crippen LogP contribution is -2.48. The SMILES string of the molecule is CCC(CC)N(CC(C)C)S(=O)(=O)CC1CCCCN1. The predicted molar refractivity (Wildman–Crippen MR) is 85.3 cm³/mol. The fourth-order valence-electron chi connectivity index (χ4n) is 2.96. The van der Waals surface area contributed by atoms with Gasteiger partial charge in [0.1, 0.15) is 0 Å². The van der Waals surface area contributed by atoms with Gasteiger partial charge in [-0.15, -0.1) is 0 Å². The molecule has 0 radical (unpaired) electrons. The van der Waals surface area contributed by atoms with Gasteiger partial charge in [-0.1, -0.05) is 34.1 Å². The maximum Gasteiger partial charge on any atom is 0.215 e. The quantitative estimate of drug-likeness (QED) is 0.750. The highest BCUT2D eigenvalue weighted by Gasteiger charge is 2.31. The first-order chi connectivity index (χ1) is 9.40. The topological polar surface area (TPSA) is 49.4 Å². The predicted octanol–water partition coefficient (Wildman–Crippen LogP) is 2.60. The highest BCUT2D eigenvalue weighted by atomic mass is 32.2.